The highest BCUT2D eigenvalue weighted by Gasteiger charge is 2.04. The van der Waals surface area contributed by atoms with E-state index in [2.05, 4.69) is 4.37 Å². The second-order valence-corrected chi connectivity index (χ2v) is 3.71. The predicted molar refractivity (Wildman–Crippen MR) is 53.1 cm³/mol. The van der Waals surface area contributed by atoms with Crippen molar-refractivity contribution in [2.24, 2.45) is 7.05 Å². The van der Waals surface area contributed by atoms with E-state index >= 15 is 0 Å². The summed E-state index contributed by atoms with van der Waals surface area (Å²) in [6.07, 6.45) is 4.01. The van der Waals surface area contributed by atoms with E-state index in [-0.39, 0.29) is 0 Å². The van der Waals surface area contributed by atoms with Crippen LogP contribution in [0.2, 0.25) is 0 Å². The molecule has 2 aromatic heterocycles. The summed E-state index contributed by atoms with van der Waals surface area (Å²) in [5.74, 6) is 0. The minimum Gasteiger partial charge on any atom is -0.389 e. The molecule has 66 valence electrons. The molecule has 0 atom stereocenters. The molecular formula is C9H10N3S+. The molecule has 0 spiro atoms. The molecule has 4 heteroatoms. The van der Waals surface area contributed by atoms with Crippen molar-refractivity contribution >= 4 is 16.5 Å². The van der Waals surface area contributed by atoms with Gasteiger partial charge in [-0.1, -0.05) is 0 Å². The molecule has 0 saturated carbocycles. The summed E-state index contributed by atoms with van der Waals surface area (Å²) >= 11 is 1.32. The van der Waals surface area contributed by atoms with E-state index in [1.165, 1.54) is 11.5 Å². The maximum atomic E-state index is 5.60. The smallest absolute Gasteiger partial charge is 0.178 e. The lowest BCUT2D eigenvalue weighted by Crippen LogP contribution is -2.26. The van der Waals surface area contributed by atoms with E-state index in [0.29, 0.717) is 0 Å². The Balaban J connectivity index is 2.46. The fourth-order valence-electron chi connectivity index (χ4n) is 1.16. The zero-order valence-electron chi connectivity index (χ0n) is 7.27. The topological polar surface area (TPSA) is 42.8 Å². The van der Waals surface area contributed by atoms with Crippen molar-refractivity contribution in [3.05, 3.63) is 30.6 Å². The van der Waals surface area contributed by atoms with Crippen molar-refractivity contribution in [2.45, 2.75) is 0 Å². The maximum Gasteiger partial charge on any atom is 0.178 e. The van der Waals surface area contributed by atoms with Gasteiger partial charge in [0.2, 0.25) is 0 Å². The number of hydrogen-bond acceptors (Lipinski definition) is 3. The second-order valence-electron chi connectivity index (χ2n) is 2.87. The van der Waals surface area contributed by atoms with Crippen molar-refractivity contribution in [1.82, 2.24) is 4.37 Å². The van der Waals surface area contributed by atoms with Crippen molar-refractivity contribution in [1.29, 1.82) is 0 Å². The molecule has 3 nitrogen and oxygen atoms in total. The minimum absolute atomic E-state index is 0.751. The van der Waals surface area contributed by atoms with Crippen LogP contribution in [0, 0.1) is 0 Å². The minimum atomic E-state index is 0.751. The van der Waals surface area contributed by atoms with Crippen molar-refractivity contribution in [3.63, 3.8) is 0 Å². The van der Waals surface area contributed by atoms with Crippen LogP contribution in [0.3, 0.4) is 0 Å². The van der Waals surface area contributed by atoms with E-state index in [1.54, 1.807) is 0 Å². The number of aromatic nitrogens is 2. The van der Waals surface area contributed by atoms with Crippen LogP contribution in [0.1, 0.15) is 0 Å². The number of anilines is 1. The summed E-state index contributed by atoms with van der Waals surface area (Å²) < 4.78 is 6.22. The predicted octanol–water partition coefficient (Wildman–Crippen LogP) is 1.22. The molecule has 0 aliphatic rings. The summed E-state index contributed by atoms with van der Waals surface area (Å²) in [5.41, 5.74) is 7.64. The molecule has 0 fully saturated rings. The number of nitrogens with zero attached hydrogens (tertiary/aromatic N) is 2. The number of rotatable bonds is 1. The monoisotopic (exact) mass is 192 g/mol. The van der Waals surface area contributed by atoms with Crippen molar-refractivity contribution < 1.29 is 4.57 Å². The van der Waals surface area contributed by atoms with Gasteiger partial charge < -0.3 is 5.73 Å². The summed E-state index contributed by atoms with van der Waals surface area (Å²) in [6.45, 7) is 0. The van der Waals surface area contributed by atoms with Crippen LogP contribution in [0.5, 0.6) is 0 Å². The lowest BCUT2D eigenvalue weighted by molar-refractivity contribution is -0.671. The molecule has 0 radical (unpaired) electrons. The highest BCUT2D eigenvalue weighted by atomic mass is 32.1. The van der Waals surface area contributed by atoms with E-state index in [9.17, 15) is 0 Å². The number of aryl methyl sites for hydroxylation is 1. The fraction of sp³-hybridized carbons (Fsp3) is 0.111. The molecule has 2 aromatic rings. The highest BCUT2D eigenvalue weighted by Crippen LogP contribution is 2.21. The Hall–Kier alpha value is -1.42. The van der Waals surface area contributed by atoms with Crippen LogP contribution < -0.4 is 10.3 Å². The molecule has 0 aromatic carbocycles. The Morgan fingerprint density at radius 1 is 1.54 bits per heavy atom. The van der Waals surface area contributed by atoms with Gasteiger partial charge in [-0.3, -0.25) is 0 Å². The molecule has 0 saturated heterocycles. The van der Waals surface area contributed by atoms with Gasteiger partial charge in [0.25, 0.3) is 0 Å². The highest BCUT2D eigenvalue weighted by molar-refractivity contribution is 7.10. The van der Waals surface area contributed by atoms with E-state index < -0.39 is 0 Å². The summed E-state index contributed by atoms with van der Waals surface area (Å²) in [5, 5.41) is 0.751. The van der Waals surface area contributed by atoms with Crippen LogP contribution in [-0.4, -0.2) is 4.37 Å². The number of hydrogen-bond donors (Lipinski definition) is 1. The maximum absolute atomic E-state index is 5.60. The van der Waals surface area contributed by atoms with Crippen molar-refractivity contribution in [2.75, 3.05) is 5.73 Å². The van der Waals surface area contributed by atoms with Crippen LogP contribution in [0.4, 0.5) is 5.00 Å². The molecule has 2 rings (SSSR count). The zero-order chi connectivity index (χ0) is 9.26. The van der Waals surface area contributed by atoms with Crippen LogP contribution in [0.25, 0.3) is 11.3 Å². The van der Waals surface area contributed by atoms with Gasteiger partial charge in [-0.2, -0.15) is 4.37 Å². The Kier molecular flexibility index (Phi) is 1.98. The Bertz CT molecular complexity index is 422. The van der Waals surface area contributed by atoms with Gasteiger partial charge in [-0.25, -0.2) is 4.57 Å². The molecular weight excluding hydrogens is 182 g/mol. The Labute approximate surface area is 80.6 Å². The first-order chi connectivity index (χ1) is 6.25. The Morgan fingerprint density at radius 3 is 3.00 bits per heavy atom. The average molecular weight is 192 g/mol. The van der Waals surface area contributed by atoms with Gasteiger partial charge in [-0.05, 0) is 17.6 Å². The van der Waals surface area contributed by atoms with Crippen LogP contribution in [0.15, 0.2) is 30.6 Å². The molecule has 13 heavy (non-hydrogen) atoms. The molecule has 2 N–H and O–H groups in total. The average Bonchev–Trinajstić information content (AvgIpc) is 2.52. The van der Waals surface area contributed by atoms with Gasteiger partial charge in [0.05, 0.1) is 11.3 Å². The van der Waals surface area contributed by atoms with E-state index in [1.807, 2.05) is 42.2 Å². The van der Waals surface area contributed by atoms with E-state index in [0.717, 1.165) is 16.3 Å². The lowest BCUT2D eigenvalue weighted by atomic mass is 10.2. The van der Waals surface area contributed by atoms with Crippen molar-refractivity contribution in [3.8, 4) is 11.3 Å². The fourth-order valence-corrected chi connectivity index (χ4v) is 1.69. The van der Waals surface area contributed by atoms with Crippen LogP contribution in [-0.2, 0) is 7.05 Å². The van der Waals surface area contributed by atoms with Crippen LogP contribution >= 0.6 is 11.5 Å². The number of nitrogens with two attached hydrogens (primary N) is 1. The summed E-state index contributed by atoms with van der Waals surface area (Å²) in [7, 11) is 1.99. The molecule has 2 heterocycles. The summed E-state index contributed by atoms with van der Waals surface area (Å²) in [6, 6.07) is 5.90. The SMILES string of the molecule is C[n+]1cccc(-c2cc(N)sn2)c1. The molecule has 0 aliphatic heterocycles. The number of nitrogen functional groups attached to an aromatic ring is 1. The first-order valence-electron chi connectivity index (χ1n) is 3.93. The van der Waals surface area contributed by atoms with E-state index in [4.69, 9.17) is 5.73 Å². The third-order valence-corrected chi connectivity index (χ3v) is 2.38. The van der Waals surface area contributed by atoms with Gasteiger partial charge >= 0.3 is 0 Å². The number of pyridine rings is 1. The van der Waals surface area contributed by atoms with Gasteiger partial charge in [-0.15, -0.1) is 0 Å². The van der Waals surface area contributed by atoms with Gasteiger partial charge in [0.15, 0.2) is 12.4 Å². The largest absolute Gasteiger partial charge is 0.389 e. The molecule has 0 aliphatic carbocycles. The quantitative estimate of drug-likeness (QED) is 0.690. The normalized spacial score (nSPS) is 10.2. The second kappa shape index (κ2) is 3.14. The summed E-state index contributed by atoms with van der Waals surface area (Å²) in [4.78, 5) is 0. The van der Waals surface area contributed by atoms with Gasteiger partial charge in [0, 0.05) is 12.1 Å². The third kappa shape index (κ3) is 1.67. The molecule has 0 amide bonds. The van der Waals surface area contributed by atoms with Gasteiger partial charge in [0.1, 0.15) is 12.0 Å². The molecule has 0 bridgehead atoms. The first-order valence-corrected chi connectivity index (χ1v) is 4.71. The standard InChI is InChI=1S/C9H10N3S/c1-12-4-2-3-7(6-12)8-5-9(10)13-11-8/h2-6H,10H2,1H3/q+1. The zero-order valence-corrected chi connectivity index (χ0v) is 8.08. The molecule has 0 unspecified atom stereocenters. The third-order valence-electron chi connectivity index (χ3n) is 1.76. The first kappa shape index (κ1) is 8.19. The lowest BCUT2D eigenvalue weighted by Gasteiger charge is -1.92. The Morgan fingerprint density at radius 2 is 2.38 bits per heavy atom.